The molecule has 0 spiro atoms. The normalized spacial score (nSPS) is 10.7. The lowest BCUT2D eigenvalue weighted by atomic mass is 10.1. The molecule has 0 fully saturated rings. The van der Waals surface area contributed by atoms with Gasteiger partial charge in [-0.3, -0.25) is 9.36 Å². The first kappa shape index (κ1) is 14.8. The van der Waals surface area contributed by atoms with Gasteiger partial charge in [0.2, 0.25) is 0 Å². The predicted octanol–water partition coefficient (Wildman–Crippen LogP) is 2.83. The summed E-state index contributed by atoms with van der Waals surface area (Å²) in [5.74, 6) is 0.592. The summed E-state index contributed by atoms with van der Waals surface area (Å²) >= 11 is 0. The molecule has 0 bridgehead atoms. The van der Waals surface area contributed by atoms with Crippen LogP contribution < -0.4 is 10.3 Å². The van der Waals surface area contributed by atoms with Crippen molar-refractivity contribution in [3.63, 3.8) is 0 Å². The Morgan fingerprint density at radius 2 is 2.17 bits per heavy atom. The smallest absolute Gasteiger partial charge is 0.264 e. The van der Waals surface area contributed by atoms with Gasteiger partial charge in [0.25, 0.3) is 5.56 Å². The summed E-state index contributed by atoms with van der Waals surface area (Å²) in [7, 11) is 1.57. The molecule has 2 heterocycles. The van der Waals surface area contributed by atoms with Crippen molar-refractivity contribution >= 4 is 11.0 Å². The lowest BCUT2D eigenvalue weighted by molar-refractivity contribution is 0.414. The molecule has 23 heavy (non-hydrogen) atoms. The van der Waals surface area contributed by atoms with E-state index in [2.05, 4.69) is 11.6 Å². The van der Waals surface area contributed by atoms with Gasteiger partial charge in [0.05, 0.1) is 23.7 Å². The molecule has 0 amide bonds. The fraction of sp³-hybridized carbons (Fsp3) is 0.111. The van der Waals surface area contributed by atoms with E-state index in [9.17, 15) is 9.90 Å². The molecule has 1 aromatic carbocycles. The summed E-state index contributed by atoms with van der Waals surface area (Å²) in [6.07, 6.45) is 3.46. The van der Waals surface area contributed by atoms with Crippen LogP contribution in [-0.4, -0.2) is 21.8 Å². The van der Waals surface area contributed by atoms with E-state index in [1.54, 1.807) is 55.8 Å². The highest BCUT2D eigenvalue weighted by Gasteiger charge is 2.17. The maximum Gasteiger partial charge on any atom is 0.264 e. The van der Waals surface area contributed by atoms with Crippen molar-refractivity contribution in [3.05, 3.63) is 71.2 Å². The summed E-state index contributed by atoms with van der Waals surface area (Å²) in [6, 6.07) is 10.6. The van der Waals surface area contributed by atoms with E-state index in [1.165, 1.54) is 4.57 Å². The van der Waals surface area contributed by atoms with Crippen LogP contribution in [0.25, 0.3) is 16.7 Å². The van der Waals surface area contributed by atoms with Crippen molar-refractivity contribution in [2.24, 2.45) is 0 Å². The quantitative estimate of drug-likeness (QED) is 0.753. The molecule has 0 atom stereocenters. The van der Waals surface area contributed by atoms with E-state index in [0.717, 1.165) is 0 Å². The molecule has 0 aliphatic rings. The average molecular weight is 308 g/mol. The first-order chi connectivity index (χ1) is 11.2. The number of fused-ring (bicyclic) bond motifs is 1. The van der Waals surface area contributed by atoms with Crippen LogP contribution in [-0.2, 0) is 6.42 Å². The van der Waals surface area contributed by atoms with Gasteiger partial charge in [-0.25, -0.2) is 4.98 Å². The van der Waals surface area contributed by atoms with Gasteiger partial charge in [-0.15, -0.1) is 6.58 Å². The van der Waals surface area contributed by atoms with Crippen molar-refractivity contribution in [2.75, 3.05) is 7.11 Å². The van der Waals surface area contributed by atoms with Gasteiger partial charge in [0.1, 0.15) is 11.5 Å². The predicted molar refractivity (Wildman–Crippen MR) is 89.5 cm³/mol. The lowest BCUT2D eigenvalue weighted by Gasteiger charge is -2.14. The van der Waals surface area contributed by atoms with Crippen LogP contribution in [0.4, 0.5) is 0 Å². The van der Waals surface area contributed by atoms with Crippen LogP contribution in [0.1, 0.15) is 5.56 Å². The van der Waals surface area contributed by atoms with Gasteiger partial charge in [-0.05, 0) is 30.7 Å². The fourth-order valence-corrected chi connectivity index (χ4v) is 2.57. The number of methoxy groups -OCH3 is 1. The van der Waals surface area contributed by atoms with Gasteiger partial charge in [0.15, 0.2) is 5.65 Å². The summed E-state index contributed by atoms with van der Waals surface area (Å²) in [5.41, 5.74) is 1.00. The Hall–Kier alpha value is -3.08. The molecule has 1 N–H and O–H groups in total. The number of allylic oxidation sites excluding steroid dienone is 1. The number of ether oxygens (including phenoxy) is 1. The Morgan fingerprint density at radius 3 is 2.91 bits per heavy atom. The maximum absolute atomic E-state index is 12.9. The topological polar surface area (TPSA) is 64.3 Å². The van der Waals surface area contributed by atoms with Gasteiger partial charge >= 0.3 is 0 Å². The monoisotopic (exact) mass is 308 g/mol. The van der Waals surface area contributed by atoms with E-state index >= 15 is 0 Å². The Kier molecular flexibility index (Phi) is 3.85. The second-order valence-corrected chi connectivity index (χ2v) is 5.04. The number of rotatable bonds is 4. The third-order valence-electron chi connectivity index (χ3n) is 3.66. The van der Waals surface area contributed by atoms with E-state index in [4.69, 9.17) is 4.74 Å². The van der Waals surface area contributed by atoms with Crippen LogP contribution in [0.3, 0.4) is 0 Å². The van der Waals surface area contributed by atoms with Crippen molar-refractivity contribution < 1.29 is 9.84 Å². The van der Waals surface area contributed by atoms with Crippen molar-refractivity contribution in [1.82, 2.24) is 9.55 Å². The zero-order valence-electron chi connectivity index (χ0n) is 12.7. The molecule has 2 aromatic heterocycles. The number of aromatic nitrogens is 2. The molecule has 0 saturated heterocycles. The Labute approximate surface area is 133 Å². The van der Waals surface area contributed by atoms with Crippen LogP contribution in [0.2, 0.25) is 0 Å². The summed E-state index contributed by atoms with van der Waals surface area (Å²) in [4.78, 5) is 17.1. The van der Waals surface area contributed by atoms with E-state index in [0.29, 0.717) is 28.0 Å². The molecule has 3 rings (SSSR count). The highest BCUT2D eigenvalue weighted by atomic mass is 16.5. The van der Waals surface area contributed by atoms with Gasteiger partial charge in [0, 0.05) is 12.3 Å². The zero-order valence-corrected chi connectivity index (χ0v) is 12.7. The molecule has 5 nitrogen and oxygen atoms in total. The van der Waals surface area contributed by atoms with E-state index in [1.807, 2.05) is 0 Å². The molecule has 0 unspecified atom stereocenters. The molecule has 0 aliphatic heterocycles. The third-order valence-corrected chi connectivity index (χ3v) is 3.66. The number of benzene rings is 1. The highest BCUT2D eigenvalue weighted by Crippen LogP contribution is 2.27. The molecular weight excluding hydrogens is 292 g/mol. The molecular formula is C18H16N2O3. The van der Waals surface area contributed by atoms with Gasteiger partial charge in [-0.2, -0.15) is 0 Å². The zero-order chi connectivity index (χ0) is 16.4. The number of nitrogens with zero attached hydrogens (tertiary/aromatic N) is 2. The molecule has 116 valence electrons. The standard InChI is InChI=1S/C18H16N2O3/c1-3-6-15-16(21)14-9-5-10-19-17(14)20(18(15)22)12-7-4-8-13(11-12)23-2/h3-5,7-11,21H,1,6H2,2H3. The summed E-state index contributed by atoms with van der Waals surface area (Å²) in [5, 5.41) is 10.9. The van der Waals surface area contributed by atoms with Gasteiger partial charge < -0.3 is 9.84 Å². The number of aromatic hydroxyl groups is 1. The minimum Gasteiger partial charge on any atom is -0.507 e. The first-order valence-corrected chi connectivity index (χ1v) is 7.14. The largest absolute Gasteiger partial charge is 0.507 e. The second-order valence-electron chi connectivity index (χ2n) is 5.04. The van der Waals surface area contributed by atoms with Crippen LogP contribution in [0.5, 0.6) is 11.5 Å². The molecule has 3 aromatic rings. The van der Waals surface area contributed by atoms with Crippen LogP contribution >= 0.6 is 0 Å². The molecule has 5 heteroatoms. The Morgan fingerprint density at radius 1 is 1.35 bits per heavy atom. The Bertz CT molecular complexity index is 945. The van der Waals surface area contributed by atoms with Crippen LogP contribution in [0.15, 0.2) is 60.0 Å². The number of hydrogen-bond donors (Lipinski definition) is 1. The number of hydrogen-bond acceptors (Lipinski definition) is 4. The minimum atomic E-state index is -0.318. The van der Waals surface area contributed by atoms with Crippen LogP contribution in [0, 0.1) is 0 Å². The molecule has 0 aliphatic carbocycles. The van der Waals surface area contributed by atoms with Crippen molar-refractivity contribution in [2.45, 2.75) is 6.42 Å². The second kappa shape index (κ2) is 5.96. The SMILES string of the molecule is C=CCc1c(O)c2cccnc2n(-c2cccc(OC)c2)c1=O. The molecule has 0 saturated carbocycles. The maximum atomic E-state index is 12.9. The third kappa shape index (κ3) is 2.46. The first-order valence-electron chi connectivity index (χ1n) is 7.14. The summed E-state index contributed by atoms with van der Waals surface area (Å²) < 4.78 is 6.71. The van der Waals surface area contributed by atoms with Gasteiger partial charge in [-0.1, -0.05) is 12.1 Å². The lowest BCUT2D eigenvalue weighted by Crippen LogP contribution is -2.23. The minimum absolute atomic E-state index is 0.0443. The fourth-order valence-electron chi connectivity index (χ4n) is 2.57. The van der Waals surface area contributed by atoms with E-state index in [-0.39, 0.29) is 17.7 Å². The molecule has 0 radical (unpaired) electrons. The average Bonchev–Trinajstić information content (AvgIpc) is 2.59. The van der Waals surface area contributed by atoms with E-state index < -0.39 is 0 Å². The number of pyridine rings is 2. The van der Waals surface area contributed by atoms with Crippen molar-refractivity contribution in [3.8, 4) is 17.2 Å². The van der Waals surface area contributed by atoms with Crippen molar-refractivity contribution in [1.29, 1.82) is 0 Å². The Balaban J connectivity index is 2.43. The summed E-state index contributed by atoms with van der Waals surface area (Å²) in [6.45, 7) is 3.65. The highest BCUT2D eigenvalue weighted by molar-refractivity contribution is 5.84.